The first kappa shape index (κ1) is 17.0. The minimum absolute atomic E-state index is 0.0860. The Hall–Kier alpha value is -1.88. The van der Waals surface area contributed by atoms with Gasteiger partial charge in [-0.2, -0.15) is 0 Å². The number of piperidine rings is 1. The number of carbonyl (C=O) groups is 2. The molecule has 2 aliphatic rings. The summed E-state index contributed by atoms with van der Waals surface area (Å²) in [6, 6.07) is 9.33. The van der Waals surface area contributed by atoms with E-state index in [1.165, 1.54) is 6.42 Å². The van der Waals surface area contributed by atoms with E-state index in [9.17, 15) is 9.59 Å². The number of benzene rings is 1. The smallest absolute Gasteiger partial charge is 0.253 e. The third kappa shape index (κ3) is 3.78. The van der Waals surface area contributed by atoms with Crippen molar-refractivity contribution in [2.24, 2.45) is 0 Å². The molecule has 0 bridgehead atoms. The number of amides is 2. The highest BCUT2D eigenvalue weighted by atomic mass is 16.2. The molecule has 0 N–H and O–H groups in total. The summed E-state index contributed by atoms with van der Waals surface area (Å²) in [6.07, 6.45) is 3.48. The maximum absolute atomic E-state index is 12.6. The van der Waals surface area contributed by atoms with E-state index < -0.39 is 0 Å². The van der Waals surface area contributed by atoms with Crippen molar-refractivity contribution in [3.8, 4) is 0 Å². The second-order valence-electron chi connectivity index (χ2n) is 6.76. The van der Waals surface area contributed by atoms with Crippen LogP contribution in [0.25, 0.3) is 0 Å². The topological polar surface area (TPSA) is 43.9 Å². The molecule has 2 aliphatic heterocycles. The summed E-state index contributed by atoms with van der Waals surface area (Å²) in [6.45, 7) is 6.70. The number of carbonyl (C=O) groups excluding carboxylic acids is 2. The molecule has 0 unspecified atom stereocenters. The molecule has 130 valence electrons. The van der Waals surface area contributed by atoms with Crippen LogP contribution in [0, 0.1) is 0 Å². The molecule has 0 saturated carbocycles. The molecule has 2 amide bonds. The average Bonchev–Trinajstić information content (AvgIpc) is 2.68. The van der Waals surface area contributed by atoms with Crippen molar-refractivity contribution in [2.75, 3.05) is 39.3 Å². The van der Waals surface area contributed by atoms with E-state index in [0.717, 1.165) is 44.6 Å². The van der Waals surface area contributed by atoms with Crippen LogP contribution in [-0.2, 0) is 4.79 Å². The summed E-state index contributed by atoms with van der Waals surface area (Å²) < 4.78 is 0. The first-order valence-electron chi connectivity index (χ1n) is 9.04. The lowest BCUT2D eigenvalue weighted by atomic mass is 10.1. The zero-order chi connectivity index (χ0) is 16.9. The molecule has 2 heterocycles. The van der Waals surface area contributed by atoms with Crippen LogP contribution in [0.1, 0.15) is 36.5 Å². The highest BCUT2D eigenvalue weighted by molar-refractivity contribution is 5.94. The first-order chi connectivity index (χ1) is 11.7. The molecule has 1 aromatic rings. The monoisotopic (exact) mass is 329 g/mol. The van der Waals surface area contributed by atoms with Crippen molar-refractivity contribution in [1.29, 1.82) is 0 Å². The van der Waals surface area contributed by atoms with E-state index in [1.54, 1.807) is 0 Å². The van der Waals surface area contributed by atoms with E-state index in [2.05, 4.69) is 4.90 Å². The van der Waals surface area contributed by atoms with Gasteiger partial charge in [0.25, 0.3) is 5.91 Å². The minimum Gasteiger partial charge on any atom is -0.341 e. The Balaban J connectivity index is 1.52. The van der Waals surface area contributed by atoms with E-state index >= 15 is 0 Å². The zero-order valence-electron chi connectivity index (χ0n) is 14.5. The number of hydrogen-bond acceptors (Lipinski definition) is 3. The zero-order valence-corrected chi connectivity index (χ0v) is 14.5. The third-order valence-corrected chi connectivity index (χ3v) is 5.20. The fraction of sp³-hybridized carbons (Fsp3) is 0.579. The van der Waals surface area contributed by atoms with Crippen molar-refractivity contribution >= 4 is 11.8 Å². The Bertz CT molecular complexity index is 561. The van der Waals surface area contributed by atoms with Gasteiger partial charge < -0.3 is 9.80 Å². The minimum atomic E-state index is -0.0860. The van der Waals surface area contributed by atoms with Gasteiger partial charge in [-0.25, -0.2) is 0 Å². The van der Waals surface area contributed by atoms with E-state index in [-0.39, 0.29) is 17.9 Å². The standard InChI is InChI=1S/C19H27N3O2/c1-16(18(23)21-10-6-3-7-11-21)20-12-14-22(15-13-20)19(24)17-8-4-2-5-9-17/h2,4-5,8-9,16H,3,6-7,10-15H2,1H3/t16-/m0/s1. The highest BCUT2D eigenvalue weighted by Gasteiger charge is 2.30. The van der Waals surface area contributed by atoms with E-state index in [0.29, 0.717) is 13.1 Å². The Morgan fingerprint density at radius 1 is 0.833 bits per heavy atom. The molecule has 24 heavy (non-hydrogen) atoms. The van der Waals surface area contributed by atoms with E-state index in [1.807, 2.05) is 47.1 Å². The molecule has 0 spiro atoms. The summed E-state index contributed by atoms with van der Waals surface area (Å²) in [5.74, 6) is 0.336. The Kier molecular flexibility index (Phi) is 5.51. The predicted octanol–water partition coefficient (Wildman–Crippen LogP) is 1.85. The van der Waals surface area contributed by atoms with Crippen LogP contribution in [0.5, 0.6) is 0 Å². The largest absolute Gasteiger partial charge is 0.341 e. The quantitative estimate of drug-likeness (QED) is 0.850. The average molecular weight is 329 g/mol. The molecule has 2 saturated heterocycles. The Morgan fingerprint density at radius 2 is 1.46 bits per heavy atom. The number of hydrogen-bond donors (Lipinski definition) is 0. The molecular formula is C19H27N3O2. The second-order valence-corrected chi connectivity index (χ2v) is 6.76. The normalized spacial score (nSPS) is 20.7. The lowest BCUT2D eigenvalue weighted by Gasteiger charge is -2.39. The molecular weight excluding hydrogens is 302 g/mol. The SMILES string of the molecule is C[C@@H](C(=O)N1CCCCC1)N1CCN(C(=O)c2ccccc2)CC1. The molecule has 3 rings (SSSR count). The van der Waals surface area contributed by atoms with Gasteiger partial charge in [-0.15, -0.1) is 0 Å². The van der Waals surface area contributed by atoms with Crippen molar-refractivity contribution in [3.63, 3.8) is 0 Å². The van der Waals surface area contributed by atoms with Gasteiger partial charge in [-0.1, -0.05) is 18.2 Å². The van der Waals surface area contributed by atoms with Crippen LogP contribution in [0.4, 0.5) is 0 Å². The van der Waals surface area contributed by atoms with Crippen LogP contribution in [-0.4, -0.2) is 71.8 Å². The van der Waals surface area contributed by atoms with Crippen LogP contribution >= 0.6 is 0 Å². The van der Waals surface area contributed by atoms with Crippen molar-refractivity contribution in [2.45, 2.75) is 32.2 Å². The van der Waals surface area contributed by atoms with Gasteiger partial charge in [0.15, 0.2) is 0 Å². The van der Waals surface area contributed by atoms with Crippen molar-refractivity contribution < 1.29 is 9.59 Å². The van der Waals surface area contributed by atoms with Gasteiger partial charge in [0, 0.05) is 44.8 Å². The summed E-state index contributed by atoms with van der Waals surface area (Å²) in [7, 11) is 0. The molecule has 0 aliphatic carbocycles. The Labute approximate surface area is 144 Å². The number of piperazine rings is 1. The fourth-order valence-corrected chi connectivity index (χ4v) is 3.61. The maximum atomic E-state index is 12.6. The summed E-state index contributed by atoms with van der Waals surface area (Å²) in [5.41, 5.74) is 0.739. The van der Waals surface area contributed by atoms with Gasteiger partial charge in [-0.05, 0) is 38.3 Å². The van der Waals surface area contributed by atoms with Gasteiger partial charge in [0.05, 0.1) is 6.04 Å². The van der Waals surface area contributed by atoms with E-state index in [4.69, 9.17) is 0 Å². The lowest BCUT2D eigenvalue weighted by molar-refractivity contribution is -0.137. The van der Waals surface area contributed by atoms with Crippen LogP contribution in [0.3, 0.4) is 0 Å². The molecule has 5 nitrogen and oxygen atoms in total. The molecule has 1 aromatic carbocycles. The van der Waals surface area contributed by atoms with Crippen LogP contribution < -0.4 is 0 Å². The first-order valence-corrected chi connectivity index (χ1v) is 9.04. The molecule has 0 aromatic heterocycles. The number of rotatable bonds is 3. The third-order valence-electron chi connectivity index (χ3n) is 5.20. The summed E-state index contributed by atoms with van der Waals surface area (Å²) in [5, 5.41) is 0. The van der Waals surface area contributed by atoms with Crippen LogP contribution in [0.15, 0.2) is 30.3 Å². The lowest BCUT2D eigenvalue weighted by Crippen LogP contribution is -2.56. The molecule has 0 radical (unpaired) electrons. The predicted molar refractivity (Wildman–Crippen MR) is 93.8 cm³/mol. The number of likely N-dealkylation sites (tertiary alicyclic amines) is 1. The molecule has 5 heteroatoms. The van der Waals surface area contributed by atoms with Gasteiger partial charge in [0.2, 0.25) is 5.91 Å². The van der Waals surface area contributed by atoms with Gasteiger partial charge in [0.1, 0.15) is 0 Å². The van der Waals surface area contributed by atoms with Gasteiger partial charge in [-0.3, -0.25) is 14.5 Å². The summed E-state index contributed by atoms with van der Waals surface area (Å²) >= 11 is 0. The fourth-order valence-electron chi connectivity index (χ4n) is 3.61. The van der Waals surface area contributed by atoms with Gasteiger partial charge >= 0.3 is 0 Å². The summed E-state index contributed by atoms with van der Waals surface area (Å²) in [4.78, 5) is 31.2. The van der Waals surface area contributed by atoms with Crippen molar-refractivity contribution in [3.05, 3.63) is 35.9 Å². The second kappa shape index (κ2) is 7.79. The Morgan fingerprint density at radius 3 is 2.08 bits per heavy atom. The molecule has 2 fully saturated rings. The van der Waals surface area contributed by atoms with Crippen molar-refractivity contribution in [1.82, 2.24) is 14.7 Å². The van der Waals surface area contributed by atoms with Crippen LogP contribution in [0.2, 0.25) is 0 Å². The maximum Gasteiger partial charge on any atom is 0.253 e. The highest BCUT2D eigenvalue weighted by Crippen LogP contribution is 2.15. The number of nitrogens with zero attached hydrogens (tertiary/aromatic N) is 3. The molecule has 1 atom stereocenters.